The van der Waals surface area contributed by atoms with Gasteiger partial charge in [-0.05, 0) is 44.9 Å². The average molecular weight is 1080 g/mol. The number of ether oxygens (including phenoxy) is 1. The van der Waals surface area contributed by atoms with Crippen LogP contribution in [0.25, 0.3) is 11.2 Å². The Morgan fingerprint density at radius 2 is 1.51 bits per heavy atom. The normalized spacial score (nSPS) is 20.2. The number of nitrogen functional groups attached to an aromatic ring is 1. The van der Waals surface area contributed by atoms with Gasteiger partial charge >= 0.3 is 0 Å². The van der Waals surface area contributed by atoms with Crippen molar-refractivity contribution in [2.45, 2.75) is 122 Å². The number of phosphoric ester groups is 3. The molecule has 1 saturated heterocycles. The van der Waals surface area contributed by atoms with E-state index in [2.05, 4.69) is 99.0 Å². The molecule has 0 saturated carbocycles. The number of phosphoric acid groups is 3. The fourth-order valence-electron chi connectivity index (χ4n) is 6.38. The smallest absolute Gasteiger partial charge is 0.274 e. The molecule has 28 heteroatoms. The molecule has 7 atom stereocenters. The maximum atomic E-state index is 12.6. The quantitative estimate of drug-likeness (QED) is 0.0382. The fourth-order valence-corrected chi connectivity index (χ4v) is 9.76. The summed E-state index contributed by atoms with van der Waals surface area (Å²) in [5.74, 6) is -1.23. The maximum Gasteiger partial charge on any atom is 0.274 e. The number of thioether (sulfide) groups is 1. The van der Waals surface area contributed by atoms with Gasteiger partial charge in [-0.3, -0.25) is 28.1 Å². The van der Waals surface area contributed by atoms with E-state index < -0.39 is 84.6 Å². The minimum atomic E-state index is -5.93. The third-order valence-corrected chi connectivity index (χ3v) is 14.1. The second kappa shape index (κ2) is 31.1. The van der Waals surface area contributed by atoms with Gasteiger partial charge in [0.2, 0.25) is 11.8 Å². The number of hydrogen-bond acceptors (Lipinski definition) is 22. The van der Waals surface area contributed by atoms with Crippen molar-refractivity contribution in [2.24, 2.45) is 5.41 Å². The van der Waals surface area contributed by atoms with Crippen LogP contribution < -0.4 is 35.9 Å². The number of carbonyl (C=O) groups excluding carboxylic acids is 3. The van der Waals surface area contributed by atoms with Crippen molar-refractivity contribution in [3.8, 4) is 0 Å². The molecule has 0 bridgehead atoms. The number of imidazole rings is 1. The number of amides is 2. The van der Waals surface area contributed by atoms with Crippen LogP contribution in [0.1, 0.15) is 97.6 Å². The predicted octanol–water partition coefficient (Wildman–Crippen LogP) is 2.84. The topological polar surface area (TPSA) is 375 Å². The number of hydrogen-bond donors (Lipinski definition) is 5. The predicted molar refractivity (Wildman–Crippen MR) is 256 cm³/mol. The number of carbonyl (C=O) groups is 3. The zero-order valence-electron chi connectivity index (χ0n) is 39.8. The van der Waals surface area contributed by atoms with E-state index in [1.54, 1.807) is 0 Å². The largest absolute Gasteiger partial charge is 0.790 e. The van der Waals surface area contributed by atoms with Gasteiger partial charge in [-0.1, -0.05) is 106 Å². The van der Waals surface area contributed by atoms with E-state index in [1.165, 1.54) is 33.1 Å². The summed E-state index contributed by atoms with van der Waals surface area (Å²) in [6.07, 6.45) is 23.1. The first-order valence-corrected chi connectivity index (χ1v) is 28.1. The van der Waals surface area contributed by atoms with Crippen LogP contribution in [0, 0.1) is 5.41 Å². The van der Waals surface area contributed by atoms with Crippen molar-refractivity contribution in [2.75, 3.05) is 37.8 Å². The summed E-state index contributed by atoms with van der Waals surface area (Å²) >= 11 is 1.07. The minimum absolute atomic E-state index is 0.0222. The van der Waals surface area contributed by atoms with Gasteiger partial charge < -0.3 is 69.0 Å². The molecule has 1 aliphatic heterocycles. The second-order valence-electron chi connectivity index (χ2n) is 16.5. The summed E-state index contributed by atoms with van der Waals surface area (Å²) in [5, 5.41) is 26.3. The second-order valence-corrected chi connectivity index (χ2v) is 21.8. The lowest BCUT2D eigenvalue weighted by Gasteiger charge is -2.36. The van der Waals surface area contributed by atoms with Crippen molar-refractivity contribution < 1.29 is 80.5 Å². The van der Waals surface area contributed by atoms with E-state index in [1.807, 2.05) is 12.2 Å². The lowest BCUT2D eigenvalue weighted by Crippen LogP contribution is -2.46. The van der Waals surface area contributed by atoms with Gasteiger partial charge in [0.1, 0.15) is 36.3 Å². The number of anilines is 1. The van der Waals surface area contributed by atoms with Gasteiger partial charge in [-0.15, -0.1) is 0 Å². The summed E-state index contributed by atoms with van der Waals surface area (Å²) in [5.41, 5.74) is 4.07. The first-order valence-electron chi connectivity index (χ1n) is 22.8. The number of unbranched alkanes of at least 4 members (excludes halogenated alkanes) is 4. The lowest BCUT2D eigenvalue weighted by atomic mass is 9.87. The monoisotopic (exact) mass is 1080 g/mol. The van der Waals surface area contributed by atoms with Crippen LogP contribution in [0.15, 0.2) is 73.4 Å². The van der Waals surface area contributed by atoms with Crippen LogP contribution in [0.3, 0.4) is 0 Å². The molecule has 24 nitrogen and oxygen atoms in total. The number of aliphatic hydroxyl groups is 2. The van der Waals surface area contributed by atoms with Crippen LogP contribution in [0.2, 0.25) is 0 Å². The van der Waals surface area contributed by atoms with Gasteiger partial charge in [0.25, 0.3) is 15.6 Å². The lowest BCUT2D eigenvalue weighted by molar-refractivity contribution is -0.347. The molecule has 398 valence electrons. The highest BCUT2D eigenvalue weighted by atomic mass is 32.2. The molecule has 0 spiro atoms. The first-order chi connectivity index (χ1) is 33.6. The van der Waals surface area contributed by atoms with E-state index in [0.717, 1.165) is 67.5 Å². The standard InChI is InChI=1S/C43H68N7O17P3S/c1-4-5-6-7-8-9-10-11-12-13-14-15-16-17-18-19-20-21-22-23-34(52)71-27-26-45-33(51)24-25-46-41(55)38(54)43(2,3)29-64-70(61,62)67-69(59,60)63-28-32-37(66-68(56,57)58)36(53)42(65-32)50-31-49-35-39(44)47-30-48-40(35)50/h8-9,11-12,14-15,17-18,21-22,30-32,36-38,42,53-54H,4-7,10,13,16,19-20,23-29H2,1-3H3,(H,45,51)(H,46,55)(H,59,60)(H,61,62)(H2,44,47,48)(H2,56,57,58)/p-4/b9-8-,12-11-,15-14-,18-17-,22-21+/t32-,36-,37-,38+,42-/m1/s1. The Hall–Kier alpha value is -3.74. The van der Waals surface area contributed by atoms with E-state index in [0.29, 0.717) is 5.75 Å². The SMILES string of the molecule is CCCCC/C=C\C/C=C\C/C=C\C/C=C\CC/C=C/CC(=O)SCCNC(=O)CCNC(=O)[C@H](O)C(C)(C)COP(=O)([O-])OP(=O)([O-])OC[C@H]1O[C@@H](n2cnc3c(N)ncnc32)[C@H](O)[C@@H]1OP(=O)([O-])[O-]. The zero-order valence-corrected chi connectivity index (χ0v) is 43.3. The van der Waals surface area contributed by atoms with Crippen molar-refractivity contribution in [3.05, 3.63) is 73.4 Å². The molecule has 3 heterocycles. The van der Waals surface area contributed by atoms with Gasteiger partial charge in [-0.2, -0.15) is 0 Å². The molecule has 0 aromatic carbocycles. The number of rotatable bonds is 34. The fraction of sp³-hybridized carbons (Fsp3) is 0.581. The van der Waals surface area contributed by atoms with E-state index in [9.17, 15) is 57.9 Å². The van der Waals surface area contributed by atoms with Crippen molar-refractivity contribution in [1.82, 2.24) is 30.2 Å². The Morgan fingerprint density at radius 1 is 0.887 bits per heavy atom. The molecule has 2 unspecified atom stereocenters. The van der Waals surface area contributed by atoms with Crippen LogP contribution in [0.4, 0.5) is 5.82 Å². The molecule has 6 N–H and O–H groups in total. The molecule has 71 heavy (non-hydrogen) atoms. The van der Waals surface area contributed by atoms with E-state index in [4.69, 9.17) is 10.5 Å². The van der Waals surface area contributed by atoms with Gasteiger partial charge in [0.05, 0.1) is 27.4 Å². The van der Waals surface area contributed by atoms with Crippen LogP contribution in [-0.2, 0) is 50.7 Å². The Bertz CT molecular complexity index is 2310. The number of nitrogens with one attached hydrogen (secondary N) is 2. The third kappa shape index (κ3) is 23.8. The van der Waals surface area contributed by atoms with Crippen LogP contribution in [0.5, 0.6) is 0 Å². The van der Waals surface area contributed by atoms with Gasteiger partial charge in [0.15, 0.2) is 22.8 Å². The van der Waals surface area contributed by atoms with E-state index in [-0.39, 0.29) is 48.0 Å². The van der Waals surface area contributed by atoms with Gasteiger partial charge in [-0.25, -0.2) is 19.3 Å². The number of nitrogens with two attached hydrogens (primary N) is 1. The van der Waals surface area contributed by atoms with Crippen molar-refractivity contribution in [1.29, 1.82) is 0 Å². The number of fused-ring (bicyclic) bond motifs is 1. The summed E-state index contributed by atoms with van der Waals surface area (Å²) < 4.78 is 60.8. The maximum absolute atomic E-state index is 12.6. The third-order valence-electron chi connectivity index (χ3n) is 10.1. The molecule has 0 aliphatic carbocycles. The number of nitrogens with zero attached hydrogens (tertiary/aromatic N) is 4. The molecule has 0 radical (unpaired) electrons. The Kier molecular flexibility index (Phi) is 27.0. The van der Waals surface area contributed by atoms with Crippen LogP contribution >= 0.6 is 35.2 Å². The average Bonchev–Trinajstić information content (AvgIpc) is 3.86. The number of aromatic nitrogens is 4. The highest BCUT2D eigenvalue weighted by molar-refractivity contribution is 8.13. The summed E-state index contributed by atoms with van der Waals surface area (Å²) in [7, 11) is -17.6. The molecule has 2 amide bonds. The molecule has 2 aromatic heterocycles. The number of aliphatic hydroxyl groups excluding tert-OH is 2. The highest BCUT2D eigenvalue weighted by Crippen LogP contribution is 2.56. The Balaban J connectivity index is 1.29. The molecule has 1 aliphatic rings. The molecule has 3 rings (SSSR count). The van der Waals surface area contributed by atoms with E-state index >= 15 is 0 Å². The molecule has 2 aromatic rings. The van der Waals surface area contributed by atoms with Crippen molar-refractivity contribution >= 4 is 69.1 Å². The highest BCUT2D eigenvalue weighted by Gasteiger charge is 2.47. The zero-order chi connectivity index (χ0) is 52.5. The Labute approximate surface area is 417 Å². The number of allylic oxidation sites excluding steroid dienone is 10. The molecular formula is C43H64N7O17P3S-4. The van der Waals surface area contributed by atoms with Crippen molar-refractivity contribution in [3.63, 3.8) is 0 Å². The Morgan fingerprint density at radius 3 is 2.15 bits per heavy atom. The summed E-state index contributed by atoms with van der Waals surface area (Å²) in [4.78, 5) is 96.9. The summed E-state index contributed by atoms with van der Waals surface area (Å²) in [6, 6.07) is 0. The summed E-state index contributed by atoms with van der Waals surface area (Å²) in [6.45, 7) is 2.29. The van der Waals surface area contributed by atoms with Crippen LogP contribution in [-0.4, -0.2) is 103 Å². The molecular weight excluding hydrogens is 1010 g/mol. The van der Waals surface area contributed by atoms with Gasteiger partial charge in [0, 0.05) is 37.1 Å². The molecule has 1 fully saturated rings. The minimum Gasteiger partial charge on any atom is -0.790 e. The first kappa shape index (κ1) is 61.6.